The molecular formula is C14H17ClN2O5. The maximum Gasteiger partial charge on any atom is 0.409 e. The highest BCUT2D eigenvalue weighted by atomic mass is 35.5. The number of hydrogen-bond donors (Lipinski definition) is 1. The minimum atomic E-state index is -0.390. The van der Waals surface area contributed by atoms with Crippen molar-refractivity contribution < 1.29 is 23.8 Å². The maximum absolute atomic E-state index is 12.0. The number of nitrogens with one attached hydrogen (secondary N) is 1. The zero-order valence-corrected chi connectivity index (χ0v) is 13.1. The van der Waals surface area contributed by atoms with Gasteiger partial charge >= 0.3 is 6.09 Å². The summed E-state index contributed by atoms with van der Waals surface area (Å²) in [4.78, 5) is 24.8. The number of hydrogen-bond acceptors (Lipinski definition) is 5. The summed E-state index contributed by atoms with van der Waals surface area (Å²) in [5.41, 5.74) is 0.456. The molecule has 2 amide bonds. The average molecular weight is 329 g/mol. The van der Waals surface area contributed by atoms with Crippen molar-refractivity contribution in [3.8, 4) is 11.5 Å². The van der Waals surface area contributed by atoms with E-state index in [0.717, 1.165) is 0 Å². The predicted octanol–water partition coefficient (Wildman–Crippen LogP) is 2.14. The van der Waals surface area contributed by atoms with Gasteiger partial charge in [-0.3, -0.25) is 4.79 Å². The summed E-state index contributed by atoms with van der Waals surface area (Å²) in [6.45, 7) is 1.17. The Balaban J connectivity index is 1.99. The van der Waals surface area contributed by atoms with Crippen LogP contribution < -0.4 is 14.8 Å². The van der Waals surface area contributed by atoms with E-state index in [1.165, 1.54) is 19.1 Å². The van der Waals surface area contributed by atoms with Crippen LogP contribution in [0.2, 0.25) is 5.02 Å². The molecule has 1 aliphatic rings. The summed E-state index contributed by atoms with van der Waals surface area (Å²) in [7, 11) is 2.96. The van der Waals surface area contributed by atoms with Gasteiger partial charge in [0.05, 0.1) is 31.5 Å². The molecule has 1 saturated heterocycles. The molecule has 0 unspecified atom stereocenters. The molecule has 1 heterocycles. The van der Waals surface area contributed by atoms with Gasteiger partial charge in [-0.25, -0.2) is 4.79 Å². The highest BCUT2D eigenvalue weighted by molar-refractivity contribution is 6.32. The molecular weight excluding hydrogens is 312 g/mol. The molecule has 120 valence electrons. The number of nitrogens with zero attached hydrogens (tertiary/aromatic N) is 1. The number of benzene rings is 1. The fraction of sp³-hybridized carbons (Fsp3) is 0.429. The van der Waals surface area contributed by atoms with E-state index in [1.807, 2.05) is 0 Å². The van der Waals surface area contributed by atoms with Gasteiger partial charge in [-0.05, 0) is 0 Å². The molecule has 1 fully saturated rings. The van der Waals surface area contributed by atoms with E-state index in [9.17, 15) is 9.59 Å². The first-order valence-corrected chi connectivity index (χ1v) is 7.06. The van der Waals surface area contributed by atoms with E-state index in [2.05, 4.69) is 5.32 Å². The number of amides is 2. The van der Waals surface area contributed by atoms with Gasteiger partial charge in [-0.15, -0.1) is 0 Å². The number of carbonyl (C=O) groups excluding carboxylic acids is 2. The van der Waals surface area contributed by atoms with E-state index in [-0.39, 0.29) is 12.3 Å². The van der Waals surface area contributed by atoms with Gasteiger partial charge in [-0.2, -0.15) is 0 Å². The zero-order chi connectivity index (χ0) is 16.1. The van der Waals surface area contributed by atoms with Crippen LogP contribution in [0.3, 0.4) is 0 Å². The lowest BCUT2D eigenvalue weighted by molar-refractivity contribution is -0.116. The Morgan fingerprint density at radius 2 is 2.09 bits per heavy atom. The van der Waals surface area contributed by atoms with Crippen molar-refractivity contribution in [3.63, 3.8) is 0 Å². The third kappa shape index (κ3) is 3.73. The van der Waals surface area contributed by atoms with Crippen LogP contribution in [0.5, 0.6) is 11.5 Å². The van der Waals surface area contributed by atoms with Gasteiger partial charge in [0, 0.05) is 25.1 Å². The summed E-state index contributed by atoms with van der Waals surface area (Å²) >= 11 is 6.00. The predicted molar refractivity (Wildman–Crippen MR) is 80.7 cm³/mol. The smallest absolute Gasteiger partial charge is 0.409 e. The topological polar surface area (TPSA) is 77.1 Å². The Morgan fingerprint density at radius 1 is 1.36 bits per heavy atom. The van der Waals surface area contributed by atoms with Crippen LogP contribution >= 0.6 is 11.6 Å². The van der Waals surface area contributed by atoms with E-state index in [0.29, 0.717) is 41.9 Å². The van der Waals surface area contributed by atoms with Crippen LogP contribution in [0.1, 0.15) is 6.42 Å². The highest BCUT2D eigenvalue weighted by Gasteiger charge is 2.22. The van der Waals surface area contributed by atoms with Crippen LogP contribution in [-0.2, 0) is 9.53 Å². The molecule has 2 rings (SSSR count). The second kappa shape index (κ2) is 7.22. The first kappa shape index (κ1) is 16.2. The minimum absolute atomic E-state index is 0.156. The first-order chi connectivity index (χ1) is 10.5. The number of cyclic esters (lactones) is 1. The number of methoxy groups -OCH3 is 2. The SMILES string of the molecule is COc1cc(NC(=O)CCN2CCOC2=O)c(OC)cc1Cl. The molecule has 0 radical (unpaired) electrons. The van der Waals surface area contributed by atoms with Crippen molar-refractivity contribution in [1.82, 2.24) is 4.90 Å². The summed E-state index contributed by atoms with van der Waals surface area (Å²) in [6, 6.07) is 3.15. The molecule has 8 heteroatoms. The van der Waals surface area contributed by atoms with Gasteiger partial charge in [0.15, 0.2) is 0 Å². The number of anilines is 1. The molecule has 1 aliphatic heterocycles. The summed E-state index contributed by atoms with van der Waals surface area (Å²) in [5, 5.41) is 3.11. The molecule has 0 saturated carbocycles. The van der Waals surface area contributed by atoms with Crippen molar-refractivity contribution in [1.29, 1.82) is 0 Å². The van der Waals surface area contributed by atoms with Crippen LogP contribution in [0.15, 0.2) is 12.1 Å². The number of halogens is 1. The van der Waals surface area contributed by atoms with Gasteiger partial charge in [-0.1, -0.05) is 11.6 Å². The van der Waals surface area contributed by atoms with Crippen molar-refractivity contribution in [2.24, 2.45) is 0 Å². The second-order valence-corrected chi connectivity index (χ2v) is 4.99. The Labute approximate surface area is 133 Å². The monoisotopic (exact) mass is 328 g/mol. The summed E-state index contributed by atoms with van der Waals surface area (Å²) in [6.07, 6.45) is -0.234. The zero-order valence-electron chi connectivity index (χ0n) is 12.3. The molecule has 22 heavy (non-hydrogen) atoms. The Kier molecular flexibility index (Phi) is 5.32. The van der Waals surface area contributed by atoms with Gasteiger partial charge < -0.3 is 24.4 Å². The quantitative estimate of drug-likeness (QED) is 0.865. The Bertz CT molecular complexity index is 579. The second-order valence-electron chi connectivity index (χ2n) is 4.59. The van der Waals surface area contributed by atoms with Gasteiger partial charge in [0.25, 0.3) is 0 Å². The van der Waals surface area contributed by atoms with Crippen molar-refractivity contribution in [2.75, 3.05) is 39.2 Å². The van der Waals surface area contributed by atoms with Gasteiger partial charge in [0.1, 0.15) is 18.1 Å². The van der Waals surface area contributed by atoms with Crippen LogP contribution in [0.4, 0.5) is 10.5 Å². The van der Waals surface area contributed by atoms with E-state index in [4.69, 9.17) is 25.8 Å². The fourth-order valence-electron chi connectivity index (χ4n) is 2.04. The third-order valence-corrected chi connectivity index (χ3v) is 3.50. The average Bonchev–Trinajstić information content (AvgIpc) is 2.91. The van der Waals surface area contributed by atoms with E-state index in [1.54, 1.807) is 12.1 Å². The molecule has 0 atom stereocenters. The molecule has 0 bridgehead atoms. The molecule has 1 aromatic rings. The molecule has 0 spiro atoms. The van der Waals surface area contributed by atoms with Crippen molar-refractivity contribution in [2.45, 2.75) is 6.42 Å². The van der Waals surface area contributed by atoms with Crippen molar-refractivity contribution >= 4 is 29.3 Å². The maximum atomic E-state index is 12.0. The standard InChI is InChI=1S/C14H17ClN2O5/c1-20-11-8-10(12(21-2)7-9(11)15)16-13(18)3-4-17-5-6-22-14(17)19/h7-8H,3-6H2,1-2H3,(H,16,18). The molecule has 1 N–H and O–H groups in total. The summed E-state index contributed by atoms with van der Waals surface area (Å²) in [5.74, 6) is 0.614. The van der Waals surface area contributed by atoms with Crippen LogP contribution in [0.25, 0.3) is 0 Å². The molecule has 1 aromatic carbocycles. The minimum Gasteiger partial charge on any atom is -0.495 e. The molecule has 7 nitrogen and oxygen atoms in total. The Morgan fingerprint density at radius 3 is 2.68 bits per heavy atom. The number of rotatable bonds is 6. The lowest BCUT2D eigenvalue weighted by Crippen LogP contribution is -2.28. The number of ether oxygens (including phenoxy) is 3. The lowest BCUT2D eigenvalue weighted by Gasteiger charge is -2.15. The van der Waals surface area contributed by atoms with Crippen LogP contribution in [0, 0.1) is 0 Å². The third-order valence-electron chi connectivity index (χ3n) is 3.20. The normalized spacial score (nSPS) is 13.8. The highest BCUT2D eigenvalue weighted by Crippen LogP contribution is 2.35. The van der Waals surface area contributed by atoms with Crippen LogP contribution in [-0.4, -0.2) is 50.8 Å². The Hall–Kier alpha value is -2.15. The molecule has 0 aromatic heterocycles. The molecule has 0 aliphatic carbocycles. The first-order valence-electron chi connectivity index (χ1n) is 6.68. The van der Waals surface area contributed by atoms with E-state index < -0.39 is 6.09 Å². The largest absolute Gasteiger partial charge is 0.495 e. The van der Waals surface area contributed by atoms with Gasteiger partial charge in [0.2, 0.25) is 5.91 Å². The summed E-state index contributed by atoms with van der Waals surface area (Å²) < 4.78 is 15.1. The lowest BCUT2D eigenvalue weighted by atomic mass is 10.2. The fourth-order valence-corrected chi connectivity index (χ4v) is 2.27. The van der Waals surface area contributed by atoms with Crippen molar-refractivity contribution in [3.05, 3.63) is 17.2 Å². The van der Waals surface area contributed by atoms with E-state index >= 15 is 0 Å². The number of carbonyl (C=O) groups is 2.